The maximum Gasteiger partial charge on any atom is 0.271 e. The Morgan fingerprint density at radius 3 is 2.71 bits per heavy atom. The van der Waals surface area contributed by atoms with Gasteiger partial charge in [-0.3, -0.25) is 9.78 Å². The van der Waals surface area contributed by atoms with Crippen molar-refractivity contribution in [2.24, 2.45) is 0 Å². The second-order valence-electron chi connectivity index (χ2n) is 5.96. The summed E-state index contributed by atoms with van der Waals surface area (Å²) < 4.78 is 13.2. The molecule has 1 aromatic carbocycles. The molecule has 0 bridgehead atoms. The Bertz CT molecular complexity index is 1110. The highest BCUT2D eigenvalue weighted by molar-refractivity contribution is 7.21. The van der Waals surface area contributed by atoms with Crippen LogP contribution in [-0.4, -0.2) is 20.9 Å². The number of benzene rings is 1. The summed E-state index contributed by atoms with van der Waals surface area (Å²) in [7, 11) is 0. The van der Waals surface area contributed by atoms with E-state index in [9.17, 15) is 9.18 Å². The first-order chi connectivity index (χ1) is 13.6. The molecule has 1 N–H and O–H groups in total. The second-order valence-corrected chi connectivity index (χ2v) is 8.02. The van der Waals surface area contributed by atoms with Gasteiger partial charge in [0.05, 0.1) is 27.8 Å². The van der Waals surface area contributed by atoms with Gasteiger partial charge >= 0.3 is 0 Å². The molecule has 4 aromatic rings. The Morgan fingerprint density at radius 1 is 1.14 bits per heavy atom. The molecule has 0 fully saturated rings. The van der Waals surface area contributed by atoms with Crippen molar-refractivity contribution in [3.8, 4) is 21.1 Å². The number of hydrogen-bond acceptors (Lipinski definition) is 6. The van der Waals surface area contributed by atoms with Crippen LogP contribution in [0.2, 0.25) is 0 Å². The van der Waals surface area contributed by atoms with Crippen LogP contribution in [-0.2, 0) is 6.54 Å². The molecule has 0 unspecified atom stereocenters. The lowest BCUT2D eigenvalue weighted by molar-refractivity contribution is 0.0946. The number of hydrogen-bond donors (Lipinski definition) is 1. The zero-order valence-electron chi connectivity index (χ0n) is 14.8. The molecule has 0 aliphatic heterocycles. The summed E-state index contributed by atoms with van der Waals surface area (Å²) in [4.78, 5) is 26.5. The number of rotatable bonds is 5. The molecule has 0 aliphatic carbocycles. The van der Waals surface area contributed by atoms with Gasteiger partial charge in [0.15, 0.2) is 0 Å². The lowest BCUT2D eigenvalue weighted by Gasteiger charge is -2.02. The molecule has 5 nitrogen and oxygen atoms in total. The van der Waals surface area contributed by atoms with Gasteiger partial charge in [-0.1, -0.05) is 6.07 Å². The molecule has 3 heterocycles. The van der Waals surface area contributed by atoms with Gasteiger partial charge in [0, 0.05) is 17.1 Å². The predicted molar refractivity (Wildman–Crippen MR) is 109 cm³/mol. The normalized spacial score (nSPS) is 10.8. The maximum atomic E-state index is 13.2. The lowest BCUT2D eigenvalue weighted by Crippen LogP contribution is -2.23. The highest BCUT2D eigenvalue weighted by atomic mass is 32.1. The molecule has 1 amide bonds. The third-order valence-electron chi connectivity index (χ3n) is 3.94. The second kappa shape index (κ2) is 7.95. The van der Waals surface area contributed by atoms with Crippen LogP contribution in [0.5, 0.6) is 0 Å². The summed E-state index contributed by atoms with van der Waals surface area (Å²) in [5.74, 6) is -0.545. The number of aryl methyl sites for hydroxylation is 1. The van der Waals surface area contributed by atoms with E-state index in [1.807, 2.05) is 25.1 Å². The van der Waals surface area contributed by atoms with Gasteiger partial charge in [0.2, 0.25) is 0 Å². The van der Waals surface area contributed by atoms with Crippen molar-refractivity contribution >= 4 is 28.6 Å². The van der Waals surface area contributed by atoms with E-state index in [2.05, 4.69) is 20.3 Å². The monoisotopic (exact) mass is 410 g/mol. The molecule has 0 saturated carbocycles. The zero-order chi connectivity index (χ0) is 19.5. The highest BCUT2D eigenvalue weighted by Crippen LogP contribution is 2.38. The van der Waals surface area contributed by atoms with Crippen LogP contribution in [0.4, 0.5) is 4.39 Å². The average molecular weight is 410 g/mol. The van der Waals surface area contributed by atoms with Crippen LogP contribution in [0, 0.1) is 12.7 Å². The Kier molecular flexibility index (Phi) is 5.23. The lowest BCUT2D eigenvalue weighted by atomic mass is 10.1. The standard InChI is InChI=1S/C20H15FN4OS2/c1-12-24-17(13-5-7-14(21)8-6-13)18(28-12)20-25-16(11-27-20)19(26)23-10-15-4-2-3-9-22-15/h2-9,11H,10H2,1H3,(H,23,26). The van der Waals surface area contributed by atoms with Crippen molar-refractivity contribution in [2.75, 3.05) is 0 Å². The largest absolute Gasteiger partial charge is 0.345 e. The van der Waals surface area contributed by atoms with Crippen molar-refractivity contribution < 1.29 is 9.18 Å². The Balaban J connectivity index is 1.56. The van der Waals surface area contributed by atoms with E-state index in [0.717, 1.165) is 26.8 Å². The molecule has 0 atom stereocenters. The highest BCUT2D eigenvalue weighted by Gasteiger charge is 2.18. The van der Waals surface area contributed by atoms with Gasteiger partial charge in [-0.2, -0.15) is 0 Å². The van der Waals surface area contributed by atoms with E-state index in [1.54, 1.807) is 23.7 Å². The molecule has 8 heteroatoms. The average Bonchev–Trinajstić information content (AvgIpc) is 3.34. The van der Waals surface area contributed by atoms with Gasteiger partial charge in [-0.05, 0) is 43.3 Å². The molecular weight excluding hydrogens is 395 g/mol. The van der Waals surface area contributed by atoms with Crippen molar-refractivity contribution in [1.29, 1.82) is 0 Å². The van der Waals surface area contributed by atoms with E-state index in [1.165, 1.54) is 34.8 Å². The minimum atomic E-state index is -0.293. The zero-order valence-corrected chi connectivity index (χ0v) is 16.5. The molecule has 3 aromatic heterocycles. The minimum absolute atomic E-state index is 0.252. The third-order valence-corrected chi connectivity index (χ3v) is 5.91. The van der Waals surface area contributed by atoms with Gasteiger partial charge in [-0.15, -0.1) is 22.7 Å². The number of carbonyl (C=O) groups excluding carboxylic acids is 1. The van der Waals surface area contributed by atoms with Crippen molar-refractivity contribution in [1.82, 2.24) is 20.3 Å². The minimum Gasteiger partial charge on any atom is -0.345 e. The first-order valence-electron chi connectivity index (χ1n) is 8.47. The fraction of sp³-hybridized carbons (Fsp3) is 0.100. The number of nitrogens with zero attached hydrogens (tertiary/aromatic N) is 3. The number of thiazole rings is 2. The molecule has 140 valence electrons. The maximum absolute atomic E-state index is 13.2. The van der Waals surface area contributed by atoms with Crippen LogP contribution < -0.4 is 5.32 Å². The van der Waals surface area contributed by atoms with Crippen LogP contribution in [0.25, 0.3) is 21.1 Å². The summed E-state index contributed by atoms with van der Waals surface area (Å²) in [5, 5.41) is 6.15. The summed E-state index contributed by atoms with van der Waals surface area (Å²) >= 11 is 2.89. The molecule has 0 spiro atoms. The molecule has 28 heavy (non-hydrogen) atoms. The molecule has 4 rings (SSSR count). The number of carbonyl (C=O) groups is 1. The number of amides is 1. The van der Waals surface area contributed by atoms with Gasteiger partial charge in [-0.25, -0.2) is 14.4 Å². The fourth-order valence-corrected chi connectivity index (χ4v) is 4.45. The van der Waals surface area contributed by atoms with Crippen LogP contribution >= 0.6 is 22.7 Å². The van der Waals surface area contributed by atoms with Gasteiger partial charge in [0.1, 0.15) is 16.5 Å². The van der Waals surface area contributed by atoms with Crippen molar-refractivity contribution in [3.63, 3.8) is 0 Å². The molecule has 0 aliphatic rings. The number of aromatic nitrogens is 3. The summed E-state index contributed by atoms with van der Waals surface area (Å²) in [6.07, 6.45) is 1.69. The number of pyridine rings is 1. The smallest absolute Gasteiger partial charge is 0.271 e. The van der Waals surface area contributed by atoms with E-state index in [-0.39, 0.29) is 11.7 Å². The van der Waals surface area contributed by atoms with E-state index in [4.69, 9.17) is 0 Å². The Labute approximate surface area is 169 Å². The summed E-state index contributed by atoms with van der Waals surface area (Å²) in [5.41, 5.74) is 2.70. The quantitative estimate of drug-likeness (QED) is 0.518. The van der Waals surface area contributed by atoms with Crippen LogP contribution in [0.15, 0.2) is 54.0 Å². The van der Waals surface area contributed by atoms with E-state index >= 15 is 0 Å². The molecule has 0 radical (unpaired) electrons. The third kappa shape index (κ3) is 3.97. The topological polar surface area (TPSA) is 67.8 Å². The Morgan fingerprint density at radius 2 is 1.96 bits per heavy atom. The first-order valence-corrected chi connectivity index (χ1v) is 10.2. The van der Waals surface area contributed by atoms with E-state index < -0.39 is 0 Å². The van der Waals surface area contributed by atoms with Gasteiger partial charge < -0.3 is 5.32 Å². The summed E-state index contributed by atoms with van der Waals surface area (Å²) in [6, 6.07) is 11.8. The van der Waals surface area contributed by atoms with Crippen molar-refractivity contribution in [3.05, 3.63) is 76.3 Å². The molecular formula is C20H15FN4OS2. The molecule has 0 saturated heterocycles. The first kappa shape index (κ1) is 18.4. The van der Waals surface area contributed by atoms with Crippen LogP contribution in [0.3, 0.4) is 0 Å². The van der Waals surface area contributed by atoms with Crippen LogP contribution in [0.1, 0.15) is 21.2 Å². The van der Waals surface area contributed by atoms with Gasteiger partial charge in [0.25, 0.3) is 5.91 Å². The number of halogens is 1. The summed E-state index contributed by atoms with van der Waals surface area (Å²) in [6.45, 7) is 2.25. The van der Waals surface area contributed by atoms with Crippen molar-refractivity contribution in [2.45, 2.75) is 13.5 Å². The number of nitrogens with one attached hydrogen (secondary N) is 1. The predicted octanol–water partition coefficient (Wildman–Crippen LogP) is 4.71. The van der Waals surface area contributed by atoms with E-state index in [0.29, 0.717) is 17.2 Å². The SMILES string of the molecule is Cc1nc(-c2ccc(F)cc2)c(-c2nc(C(=O)NCc3ccccn3)cs2)s1. The fourth-order valence-electron chi connectivity index (χ4n) is 2.62. The Hall–Kier alpha value is -2.97.